The number of rotatable bonds is 4. The van der Waals surface area contributed by atoms with Gasteiger partial charge in [-0.15, -0.1) is 0 Å². The van der Waals surface area contributed by atoms with E-state index in [1.807, 2.05) is 0 Å². The molecule has 0 amide bonds. The molecule has 1 aromatic rings. The standard InChI is InChI=1S/C7H11FN4O3S/c1-5-9-6(8)11-7(10-5)12(2)3-4-16(13,14)15/h3-4H2,1-2H3,(H,13,14,15). The molecule has 0 unspecified atom stereocenters. The number of anilines is 1. The number of hydrogen-bond acceptors (Lipinski definition) is 6. The zero-order valence-corrected chi connectivity index (χ0v) is 9.57. The molecule has 0 bridgehead atoms. The van der Waals surface area contributed by atoms with Crippen LogP contribution in [0.2, 0.25) is 0 Å². The monoisotopic (exact) mass is 250 g/mol. The molecule has 0 radical (unpaired) electrons. The molecule has 0 saturated heterocycles. The van der Waals surface area contributed by atoms with Crippen LogP contribution in [0, 0.1) is 13.0 Å². The molecule has 1 N–H and O–H groups in total. The highest BCUT2D eigenvalue weighted by molar-refractivity contribution is 7.85. The van der Waals surface area contributed by atoms with E-state index in [0.29, 0.717) is 0 Å². The topological polar surface area (TPSA) is 96.3 Å². The molecule has 0 aliphatic heterocycles. The van der Waals surface area contributed by atoms with Crippen LogP contribution in [-0.2, 0) is 10.1 Å². The molecule has 0 fully saturated rings. The van der Waals surface area contributed by atoms with Crippen molar-refractivity contribution in [2.75, 3.05) is 24.2 Å². The highest BCUT2D eigenvalue weighted by Gasteiger charge is 2.11. The van der Waals surface area contributed by atoms with Gasteiger partial charge >= 0.3 is 6.08 Å². The predicted octanol–water partition coefficient (Wildman–Crippen LogP) is -0.357. The van der Waals surface area contributed by atoms with E-state index < -0.39 is 21.9 Å². The first-order valence-electron chi connectivity index (χ1n) is 4.32. The minimum Gasteiger partial charge on any atom is -0.343 e. The Morgan fingerprint density at radius 1 is 1.38 bits per heavy atom. The molecule has 0 saturated carbocycles. The van der Waals surface area contributed by atoms with Gasteiger partial charge in [0.05, 0.1) is 5.75 Å². The van der Waals surface area contributed by atoms with Gasteiger partial charge in [-0.25, -0.2) is 0 Å². The van der Waals surface area contributed by atoms with Gasteiger partial charge < -0.3 is 4.90 Å². The average molecular weight is 250 g/mol. The molecule has 9 heteroatoms. The first-order valence-corrected chi connectivity index (χ1v) is 5.93. The largest absolute Gasteiger partial charge is 0.343 e. The fourth-order valence-electron chi connectivity index (χ4n) is 0.959. The van der Waals surface area contributed by atoms with Crippen LogP contribution in [0.3, 0.4) is 0 Å². The highest BCUT2D eigenvalue weighted by Crippen LogP contribution is 2.05. The van der Waals surface area contributed by atoms with E-state index in [0.717, 1.165) is 0 Å². The number of aromatic nitrogens is 3. The molecule has 16 heavy (non-hydrogen) atoms. The molecular formula is C7H11FN4O3S. The van der Waals surface area contributed by atoms with Crippen LogP contribution in [0.15, 0.2) is 0 Å². The maximum Gasteiger partial charge on any atom is 0.313 e. The summed E-state index contributed by atoms with van der Waals surface area (Å²) in [6.07, 6.45) is -0.929. The van der Waals surface area contributed by atoms with Crippen molar-refractivity contribution in [3.05, 3.63) is 11.9 Å². The Bertz CT molecular complexity index is 458. The number of nitrogens with zero attached hydrogens (tertiary/aromatic N) is 4. The summed E-state index contributed by atoms with van der Waals surface area (Å²) in [4.78, 5) is 11.9. The van der Waals surface area contributed by atoms with Crippen LogP contribution in [0.5, 0.6) is 0 Å². The van der Waals surface area contributed by atoms with Gasteiger partial charge in [-0.1, -0.05) is 0 Å². The van der Waals surface area contributed by atoms with Gasteiger partial charge in [0.25, 0.3) is 10.1 Å². The SMILES string of the molecule is Cc1nc(F)nc(N(C)CCS(=O)(=O)O)n1. The molecule has 1 aromatic heterocycles. The van der Waals surface area contributed by atoms with Crippen LogP contribution in [0.25, 0.3) is 0 Å². The second-order valence-electron chi connectivity index (χ2n) is 3.16. The van der Waals surface area contributed by atoms with Crippen molar-refractivity contribution in [3.8, 4) is 0 Å². The van der Waals surface area contributed by atoms with Gasteiger partial charge in [-0.05, 0) is 6.92 Å². The minimum atomic E-state index is -4.05. The van der Waals surface area contributed by atoms with Crippen LogP contribution < -0.4 is 4.90 Å². The van der Waals surface area contributed by atoms with Gasteiger partial charge in [0, 0.05) is 13.6 Å². The van der Waals surface area contributed by atoms with E-state index in [9.17, 15) is 12.8 Å². The summed E-state index contributed by atoms with van der Waals surface area (Å²) in [6.45, 7) is 1.45. The fraction of sp³-hybridized carbons (Fsp3) is 0.571. The van der Waals surface area contributed by atoms with E-state index in [1.54, 1.807) is 0 Å². The summed E-state index contributed by atoms with van der Waals surface area (Å²) in [6, 6.07) is 0. The molecule has 0 spiro atoms. The van der Waals surface area contributed by atoms with E-state index in [2.05, 4.69) is 15.0 Å². The number of halogens is 1. The molecule has 90 valence electrons. The van der Waals surface area contributed by atoms with Crippen LogP contribution >= 0.6 is 0 Å². The quantitative estimate of drug-likeness (QED) is 0.729. The Labute approximate surface area is 92.1 Å². The van der Waals surface area contributed by atoms with Crippen molar-refractivity contribution in [1.29, 1.82) is 0 Å². The maximum atomic E-state index is 12.8. The van der Waals surface area contributed by atoms with Gasteiger partial charge in [0.1, 0.15) is 5.82 Å². The van der Waals surface area contributed by atoms with Crippen molar-refractivity contribution in [3.63, 3.8) is 0 Å². The van der Waals surface area contributed by atoms with E-state index in [1.165, 1.54) is 18.9 Å². The Balaban J connectivity index is 2.76. The summed E-state index contributed by atoms with van der Waals surface area (Å²) in [5, 5.41) is 0. The zero-order chi connectivity index (χ0) is 12.3. The highest BCUT2D eigenvalue weighted by atomic mass is 32.2. The second kappa shape index (κ2) is 4.66. The molecule has 0 aromatic carbocycles. The Kier molecular flexibility index (Phi) is 3.70. The Morgan fingerprint density at radius 3 is 2.50 bits per heavy atom. The van der Waals surface area contributed by atoms with E-state index in [4.69, 9.17) is 4.55 Å². The van der Waals surface area contributed by atoms with Gasteiger partial charge in [0.2, 0.25) is 5.95 Å². The first-order chi connectivity index (χ1) is 7.28. The minimum absolute atomic E-state index is 0.0219. The lowest BCUT2D eigenvalue weighted by molar-refractivity contribution is 0.482. The molecule has 0 atom stereocenters. The van der Waals surface area contributed by atoms with Crippen molar-refractivity contribution in [2.24, 2.45) is 0 Å². The lowest BCUT2D eigenvalue weighted by Gasteiger charge is -2.15. The second-order valence-corrected chi connectivity index (χ2v) is 4.73. The van der Waals surface area contributed by atoms with Crippen molar-refractivity contribution in [1.82, 2.24) is 15.0 Å². The maximum absolute atomic E-state index is 12.8. The predicted molar refractivity (Wildman–Crippen MR) is 54.2 cm³/mol. The average Bonchev–Trinajstić information content (AvgIpc) is 2.11. The molecule has 0 aliphatic carbocycles. The summed E-state index contributed by atoms with van der Waals surface area (Å²) in [5.74, 6) is -0.259. The molecule has 1 heterocycles. The van der Waals surface area contributed by atoms with Crippen molar-refractivity contribution >= 4 is 16.1 Å². The Hall–Kier alpha value is -1.35. The van der Waals surface area contributed by atoms with Crippen molar-refractivity contribution < 1.29 is 17.4 Å². The lowest BCUT2D eigenvalue weighted by atomic mass is 10.6. The molecular weight excluding hydrogens is 239 g/mol. The summed E-state index contributed by atoms with van der Waals surface area (Å²) in [5.41, 5.74) is 0. The lowest BCUT2D eigenvalue weighted by Crippen LogP contribution is -2.27. The normalized spacial score (nSPS) is 11.5. The Morgan fingerprint density at radius 2 is 2.00 bits per heavy atom. The van der Waals surface area contributed by atoms with E-state index >= 15 is 0 Å². The van der Waals surface area contributed by atoms with E-state index in [-0.39, 0.29) is 18.3 Å². The number of hydrogen-bond donors (Lipinski definition) is 1. The van der Waals surface area contributed by atoms with Crippen LogP contribution in [0.4, 0.5) is 10.3 Å². The third kappa shape index (κ3) is 4.03. The molecule has 1 rings (SSSR count). The van der Waals surface area contributed by atoms with Crippen LogP contribution in [-0.4, -0.2) is 47.3 Å². The summed E-state index contributed by atoms with van der Waals surface area (Å²) in [7, 11) is -2.57. The molecule has 0 aliphatic rings. The zero-order valence-electron chi connectivity index (χ0n) is 8.75. The van der Waals surface area contributed by atoms with Crippen molar-refractivity contribution in [2.45, 2.75) is 6.92 Å². The van der Waals surface area contributed by atoms with Gasteiger partial charge in [-0.3, -0.25) is 4.55 Å². The summed E-state index contributed by atoms with van der Waals surface area (Å²) >= 11 is 0. The van der Waals surface area contributed by atoms with Crippen LogP contribution in [0.1, 0.15) is 5.82 Å². The number of aryl methyl sites for hydroxylation is 1. The van der Waals surface area contributed by atoms with Gasteiger partial charge in [0.15, 0.2) is 0 Å². The van der Waals surface area contributed by atoms with Gasteiger partial charge in [-0.2, -0.15) is 27.8 Å². The summed E-state index contributed by atoms with van der Waals surface area (Å²) < 4.78 is 42.4. The smallest absolute Gasteiger partial charge is 0.313 e. The fourth-order valence-corrected chi connectivity index (χ4v) is 1.46. The third-order valence-electron chi connectivity index (χ3n) is 1.73. The molecule has 7 nitrogen and oxygen atoms in total. The first kappa shape index (κ1) is 12.7. The third-order valence-corrected chi connectivity index (χ3v) is 2.43.